The number of carbonyl (C=O) groups is 1. The summed E-state index contributed by atoms with van der Waals surface area (Å²) in [6, 6.07) is 14.7. The number of hydrogen-bond donors (Lipinski definition) is 1. The first-order chi connectivity index (χ1) is 12.2. The number of hydrogen-bond acceptors (Lipinski definition) is 5. The van der Waals surface area contributed by atoms with E-state index in [1.807, 2.05) is 42.5 Å². The highest BCUT2D eigenvalue weighted by Crippen LogP contribution is 2.23. The van der Waals surface area contributed by atoms with E-state index in [4.69, 9.17) is 21.1 Å². The molecule has 0 aliphatic rings. The SMILES string of the molecule is COC(=O)N/N=C\c1ccc(OCCCOc2ccccc2Cl)cc1. The van der Waals surface area contributed by atoms with E-state index < -0.39 is 6.09 Å². The summed E-state index contributed by atoms with van der Waals surface area (Å²) in [6.45, 7) is 1.05. The molecule has 0 spiro atoms. The van der Waals surface area contributed by atoms with Crippen LogP contribution in [0.4, 0.5) is 4.79 Å². The minimum Gasteiger partial charge on any atom is -0.493 e. The van der Waals surface area contributed by atoms with Gasteiger partial charge in [-0.05, 0) is 42.0 Å². The van der Waals surface area contributed by atoms with Gasteiger partial charge in [-0.3, -0.25) is 0 Å². The molecule has 132 valence electrons. The van der Waals surface area contributed by atoms with Crippen molar-refractivity contribution in [1.29, 1.82) is 0 Å². The lowest BCUT2D eigenvalue weighted by molar-refractivity contribution is 0.171. The van der Waals surface area contributed by atoms with Crippen molar-refractivity contribution in [1.82, 2.24) is 5.43 Å². The van der Waals surface area contributed by atoms with E-state index in [2.05, 4.69) is 15.3 Å². The standard InChI is InChI=1S/C18H19ClN2O4/c1-23-18(22)21-20-13-14-7-9-15(10-8-14)24-11-4-12-25-17-6-3-2-5-16(17)19/h2-3,5-10,13H,4,11-12H2,1H3,(H,21,22)/b20-13-. The summed E-state index contributed by atoms with van der Waals surface area (Å²) in [5.41, 5.74) is 3.04. The number of halogens is 1. The Labute approximate surface area is 151 Å². The first-order valence-corrected chi connectivity index (χ1v) is 8.04. The summed E-state index contributed by atoms with van der Waals surface area (Å²) in [5, 5.41) is 4.35. The van der Waals surface area contributed by atoms with Gasteiger partial charge < -0.3 is 14.2 Å². The second-order valence-corrected chi connectivity index (χ2v) is 5.32. The maximum atomic E-state index is 10.9. The summed E-state index contributed by atoms with van der Waals surface area (Å²) in [4.78, 5) is 10.9. The largest absolute Gasteiger partial charge is 0.493 e. The summed E-state index contributed by atoms with van der Waals surface area (Å²) < 4.78 is 15.6. The van der Waals surface area contributed by atoms with Gasteiger partial charge in [-0.2, -0.15) is 5.10 Å². The number of ether oxygens (including phenoxy) is 3. The number of para-hydroxylation sites is 1. The van der Waals surface area contributed by atoms with Crippen LogP contribution in [0.3, 0.4) is 0 Å². The molecule has 0 saturated carbocycles. The van der Waals surface area contributed by atoms with Crippen molar-refractivity contribution in [2.75, 3.05) is 20.3 Å². The highest BCUT2D eigenvalue weighted by atomic mass is 35.5. The molecular formula is C18H19ClN2O4. The van der Waals surface area contributed by atoms with E-state index in [0.29, 0.717) is 24.0 Å². The van der Waals surface area contributed by atoms with Crippen LogP contribution in [0.25, 0.3) is 0 Å². The molecule has 2 rings (SSSR count). The Morgan fingerprint density at radius 2 is 1.84 bits per heavy atom. The van der Waals surface area contributed by atoms with E-state index in [9.17, 15) is 4.79 Å². The van der Waals surface area contributed by atoms with Gasteiger partial charge in [0.2, 0.25) is 0 Å². The van der Waals surface area contributed by atoms with E-state index in [-0.39, 0.29) is 0 Å². The molecule has 0 aromatic heterocycles. The highest BCUT2D eigenvalue weighted by molar-refractivity contribution is 6.32. The van der Waals surface area contributed by atoms with Gasteiger partial charge in [-0.25, -0.2) is 10.2 Å². The Balaban J connectivity index is 1.67. The third kappa shape index (κ3) is 6.73. The zero-order valence-electron chi connectivity index (χ0n) is 13.8. The summed E-state index contributed by atoms with van der Waals surface area (Å²) in [5.74, 6) is 1.42. The third-order valence-electron chi connectivity index (χ3n) is 3.09. The Morgan fingerprint density at radius 1 is 1.12 bits per heavy atom. The molecule has 1 N–H and O–H groups in total. The lowest BCUT2D eigenvalue weighted by Crippen LogP contribution is -2.16. The van der Waals surface area contributed by atoms with Crippen LogP contribution >= 0.6 is 11.6 Å². The number of nitrogens with one attached hydrogen (secondary N) is 1. The van der Waals surface area contributed by atoms with Crippen molar-refractivity contribution in [3.63, 3.8) is 0 Å². The molecule has 2 aromatic rings. The van der Waals surface area contributed by atoms with Crippen molar-refractivity contribution >= 4 is 23.9 Å². The van der Waals surface area contributed by atoms with Gasteiger partial charge in [-0.15, -0.1) is 0 Å². The van der Waals surface area contributed by atoms with Crippen LogP contribution in [0.2, 0.25) is 5.02 Å². The van der Waals surface area contributed by atoms with Crippen LogP contribution in [0.1, 0.15) is 12.0 Å². The molecule has 25 heavy (non-hydrogen) atoms. The minimum atomic E-state index is -0.616. The average molecular weight is 363 g/mol. The fraction of sp³-hybridized carbons (Fsp3) is 0.222. The van der Waals surface area contributed by atoms with Crippen molar-refractivity contribution in [3.8, 4) is 11.5 Å². The number of benzene rings is 2. The second kappa shape index (κ2) is 10.2. The summed E-state index contributed by atoms with van der Waals surface area (Å²) in [6.07, 6.45) is 1.63. The van der Waals surface area contributed by atoms with E-state index in [0.717, 1.165) is 17.7 Å². The van der Waals surface area contributed by atoms with Crippen LogP contribution in [-0.2, 0) is 4.74 Å². The normalized spacial score (nSPS) is 10.5. The topological polar surface area (TPSA) is 69.2 Å². The first kappa shape index (κ1) is 18.6. The monoisotopic (exact) mass is 362 g/mol. The van der Waals surface area contributed by atoms with E-state index >= 15 is 0 Å². The molecule has 7 heteroatoms. The number of rotatable bonds is 8. The number of amides is 1. The van der Waals surface area contributed by atoms with Crippen molar-refractivity contribution in [3.05, 3.63) is 59.1 Å². The lowest BCUT2D eigenvalue weighted by atomic mass is 10.2. The molecule has 0 fully saturated rings. The molecule has 0 aliphatic carbocycles. The molecule has 1 amide bonds. The molecule has 2 aromatic carbocycles. The van der Waals surface area contributed by atoms with Crippen LogP contribution in [0, 0.1) is 0 Å². The Kier molecular flexibility index (Phi) is 7.59. The minimum absolute atomic E-state index is 0.522. The number of methoxy groups -OCH3 is 1. The maximum absolute atomic E-state index is 10.9. The molecule has 0 saturated heterocycles. The highest BCUT2D eigenvalue weighted by Gasteiger charge is 2.00. The Hall–Kier alpha value is -2.73. The maximum Gasteiger partial charge on any atom is 0.427 e. The molecule has 0 unspecified atom stereocenters. The number of nitrogens with zero attached hydrogens (tertiary/aromatic N) is 1. The molecule has 0 heterocycles. The van der Waals surface area contributed by atoms with Crippen molar-refractivity contribution in [2.24, 2.45) is 5.10 Å². The zero-order chi connectivity index (χ0) is 17.9. The molecule has 6 nitrogen and oxygen atoms in total. The zero-order valence-corrected chi connectivity index (χ0v) is 14.5. The number of hydrazone groups is 1. The fourth-order valence-electron chi connectivity index (χ4n) is 1.85. The van der Waals surface area contributed by atoms with E-state index in [1.165, 1.54) is 13.3 Å². The van der Waals surface area contributed by atoms with Crippen LogP contribution in [-0.4, -0.2) is 32.6 Å². The molecule has 0 aliphatic heterocycles. The van der Waals surface area contributed by atoms with E-state index in [1.54, 1.807) is 6.07 Å². The van der Waals surface area contributed by atoms with Gasteiger partial charge in [0, 0.05) is 6.42 Å². The predicted molar refractivity (Wildman–Crippen MR) is 96.6 cm³/mol. The fourth-order valence-corrected chi connectivity index (χ4v) is 2.04. The third-order valence-corrected chi connectivity index (χ3v) is 3.40. The molecule has 0 atom stereocenters. The molecular weight excluding hydrogens is 344 g/mol. The van der Waals surface area contributed by atoms with Gasteiger partial charge in [-0.1, -0.05) is 23.7 Å². The van der Waals surface area contributed by atoms with Gasteiger partial charge in [0.15, 0.2) is 0 Å². The average Bonchev–Trinajstić information content (AvgIpc) is 2.64. The smallest absolute Gasteiger partial charge is 0.427 e. The Bertz CT molecular complexity index is 704. The van der Waals surface area contributed by atoms with Gasteiger partial charge in [0.1, 0.15) is 11.5 Å². The van der Waals surface area contributed by atoms with Crippen LogP contribution < -0.4 is 14.9 Å². The molecule has 0 bridgehead atoms. The van der Waals surface area contributed by atoms with Crippen molar-refractivity contribution in [2.45, 2.75) is 6.42 Å². The van der Waals surface area contributed by atoms with Gasteiger partial charge in [0.25, 0.3) is 0 Å². The van der Waals surface area contributed by atoms with Crippen molar-refractivity contribution < 1.29 is 19.0 Å². The van der Waals surface area contributed by atoms with Gasteiger partial charge in [0.05, 0.1) is 31.6 Å². The number of carbonyl (C=O) groups excluding carboxylic acids is 1. The van der Waals surface area contributed by atoms with Crippen LogP contribution in [0.5, 0.6) is 11.5 Å². The summed E-state index contributed by atoms with van der Waals surface area (Å²) >= 11 is 6.01. The lowest BCUT2D eigenvalue weighted by Gasteiger charge is -2.09. The first-order valence-electron chi connectivity index (χ1n) is 7.66. The Morgan fingerprint density at radius 3 is 2.56 bits per heavy atom. The molecule has 0 radical (unpaired) electrons. The van der Waals surface area contributed by atoms with Gasteiger partial charge >= 0.3 is 6.09 Å². The summed E-state index contributed by atoms with van der Waals surface area (Å²) in [7, 11) is 1.27. The quantitative estimate of drug-likeness (QED) is 0.439. The predicted octanol–water partition coefficient (Wildman–Crippen LogP) is 3.88. The van der Waals surface area contributed by atoms with Crippen LogP contribution in [0.15, 0.2) is 53.6 Å². The second-order valence-electron chi connectivity index (χ2n) is 4.91.